The van der Waals surface area contributed by atoms with Gasteiger partial charge in [0.25, 0.3) is 0 Å². The van der Waals surface area contributed by atoms with Crippen LogP contribution in [-0.2, 0) is 9.53 Å². The van der Waals surface area contributed by atoms with Gasteiger partial charge in [0.1, 0.15) is 0 Å². The first-order chi connectivity index (χ1) is 9.63. The molecule has 0 saturated carbocycles. The maximum Gasteiger partial charge on any atom is 0.240 e. The zero-order chi connectivity index (χ0) is 14.8. The van der Waals surface area contributed by atoms with E-state index >= 15 is 0 Å². The molecule has 0 aliphatic carbocycles. The summed E-state index contributed by atoms with van der Waals surface area (Å²) in [6.45, 7) is 8.40. The zero-order valence-electron chi connectivity index (χ0n) is 13.5. The average Bonchev–Trinajstić information content (AvgIpc) is 3.08. The molecule has 116 valence electrons. The zero-order valence-corrected chi connectivity index (χ0v) is 13.5. The number of carbonyl (C=O) groups excluding carboxylic acids is 1. The first kappa shape index (κ1) is 15.8. The summed E-state index contributed by atoms with van der Waals surface area (Å²) in [6.07, 6.45) is 6.27. The SMILES string of the molecule is CC[C@H]1CCN(N2CCC[C@H]2C(CC)(CC)OC)C1=O. The highest BCUT2D eigenvalue weighted by molar-refractivity contribution is 5.80. The van der Waals surface area contributed by atoms with Gasteiger partial charge in [-0.15, -0.1) is 0 Å². The molecule has 20 heavy (non-hydrogen) atoms. The molecule has 2 saturated heterocycles. The van der Waals surface area contributed by atoms with Crippen LogP contribution in [0.25, 0.3) is 0 Å². The van der Waals surface area contributed by atoms with Crippen molar-refractivity contribution in [3.63, 3.8) is 0 Å². The van der Waals surface area contributed by atoms with Crippen molar-refractivity contribution in [1.29, 1.82) is 0 Å². The number of rotatable bonds is 6. The number of ether oxygens (including phenoxy) is 1. The van der Waals surface area contributed by atoms with E-state index in [2.05, 4.69) is 25.8 Å². The van der Waals surface area contributed by atoms with E-state index in [-0.39, 0.29) is 11.5 Å². The lowest BCUT2D eigenvalue weighted by Gasteiger charge is -2.44. The van der Waals surface area contributed by atoms with Crippen LogP contribution in [0.3, 0.4) is 0 Å². The molecular formula is C16H30N2O2. The minimum absolute atomic E-state index is 0.110. The molecule has 0 spiro atoms. The molecule has 4 nitrogen and oxygen atoms in total. The summed E-state index contributed by atoms with van der Waals surface area (Å²) >= 11 is 0. The lowest BCUT2D eigenvalue weighted by atomic mass is 9.87. The Morgan fingerprint density at radius 1 is 1.20 bits per heavy atom. The Kier molecular flexibility index (Phi) is 5.08. The highest BCUT2D eigenvalue weighted by atomic mass is 16.5. The van der Waals surface area contributed by atoms with Crippen LogP contribution in [0.2, 0.25) is 0 Å². The molecule has 0 aromatic heterocycles. The van der Waals surface area contributed by atoms with Gasteiger partial charge in [0.2, 0.25) is 5.91 Å². The molecule has 2 rings (SSSR count). The maximum absolute atomic E-state index is 12.5. The summed E-state index contributed by atoms with van der Waals surface area (Å²) in [5, 5.41) is 4.36. The minimum atomic E-state index is -0.110. The van der Waals surface area contributed by atoms with E-state index in [0.29, 0.717) is 11.9 Å². The Labute approximate surface area is 123 Å². The van der Waals surface area contributed by atoms with Crippen molar-refractivity contribution in [1.82, 2.24) is 10.0 Å². The fourth-order valence-electron chi connectivity index (χ4n) is 4.08. The molecule has 0 N–H and O–H groups in total. The van der Waals surface area contributed by atoms with Gasteiger partial charge in [0.05, 0.1) is 11.6 Å². The Hall–Kier alpha value is -0.610. The normalized spacial score (nSPS) is 28.6. The summed E-state index contributed by atoms with van der Waals surface area (Å²) < 4.78 is 5.92. The number of hydrogen-bond donors (Lipinski definition) is 0. The van der Waals surface area contributed by atoms with Crippen molar-refractivity contribution in [3.8, 4) is 0 Å². The van der Waals surface area contributed by atoms with E-state index in [1.807, 2.05) is 12.1 Å². The van der Waals surface area contributed by atoms with Crippen molar-refractivity contribution >= 4 is 5.91 Å². The predicted octanol–water partition coefficient (Wildman–Crippen LogP) is 2.83. The number of hydrazine groups is 1. The number of methoxy groups -OCH3 is 1. The van der Waals surface area contributed by atoms with Crippen LogP contribution >= 0.6 is 0 Å². The van der Waals surface area contributed by atoms with E-state index in [4.69, 9.17) is 4.74 Å². The largest absolute Gasteiger partial charge is 0.377 e. The Morgan fingerprint density at radius 3 is 2.40 bits per heavy atom. The summed E-state index contributed by atoms with van der Waals surface area (Å²) in [7, 11) is 1.82. The van der Waals surface area contributed by atoms with Gasteiger partial charge >= 0.3 is 0 Å². The van der Waals surface area contributed by atoms with Crippen LogP contribution in [0.1, 0.15) is 59.3 Å². The lowest BCUT2D eigenvalue weighted by Crippen LogP contribution is -2.56. The van der Waals surface area contributed by atoms with Gasteiger partial charge in [0, 0.05) is 26.1 Å². The smallest absolute Gasteiger partial charge is 0.240 e. The Bertz CT molecular complexity index is 333. The molecule has 0 radical (unpaired) electrons. The Morgan fingerprint density at radius 2 is 1.90 bits per heavy atom. The third-order valence-electron chi connectivity index (χ3n) is 5.53. The first-order valence-corrected chi connectivity index (χ1v) is 8.26. The average molecular weight is 282 g/mol. The van der Waals surface area contributed by atoms with Gasteiger partial charge in [-0.2, -0.15) is 0 Å². The van der Waals surface area contributed by atoms with Gasteiger partial charge in [-0.05, 0) is 38.5 Å². The monoisotopic (exact) mass is 282 g/mol. The molecule has 2 atom stereocenters. The van der Waals surface area contributed by atoms with Crippen LogP contribution in [0.5, 0.6) is 0 Å². The highest BCUT2D eigenvalue weighted by Crippen LogP contribution is 2.37. The second-order valence-corrected chi connectivity index (χ2v) is 6.15. The second kappa shape index (κ2) is 6.44. The fourth-order valence-corrected chi connectivity index (χ4v) is 4.08. The lowest BCUT2D eigenvalue weighted by molar-refractivity contribution is -0.162. The first-order valence-electron chi connectivity index (χ1n) is 8.26. The summed E-state index contributed by atoms with van der Waals surface area (Å²) in [6, 6.07) is 0.349. The number of amides is 1. The van der Waals surface area contributed by atoms with Crippen LogP contribution in [0.4, 0.5) is 0 Å². The standard InChI is InChI=1S/C16H30N2O2/c1-5-13-10-12-18(15(13)19)17-11-8-9-14(17)16(6-2,7-3)20-4/h13-14H,5-12H2,1-4H3/t13-,14-/m0/s1. The topological polar surface area (TPSA) is 32.8 Å². The minimum Gasteiger partial charge on any atom is -0.377 e. The molecular weight excluding hydrogens is 252 g/mol. The van der Waals surface area contributed by atoms with Crippen LogP contribution in [0.15, 0.2) is 0 Å². The molecule has 4 heteroatoms. The van der Waals surface area contributed by atoms with Crippen LogP contribution in [-0.4, -0.2) is 47.8 Å². The van der Waals surface area contributed by atoms with Crippen LogP contribution in [0, 0.1) is 5.92 Å². The molecule has 0 aromatic rings. The third kappa shape index (κ3) is 2.48. The van der Waals surface area contributed by atoms with Gasteiger partial charge in [0.15, 0.2) is 0 Å². The summed E-state index contributed by atoms with van der Waals surface area (Å²) in [5.41, 5.74) is -0.110. The van der Waals surface area contributed by atoms with Crippen molar-refractivity contribution in [2.24, 2.45) is 5.92 Å². The number of nitrogens with zero attached hydrogens (tertiary/aromatic N) is 2. The maximum atomic E-state index is 12.5. The van der Waals surface area contributed by atoms with Gasteiger partial charge in [-0.1, -0.05) is 20.8 Å². The highest BCUT2D eigenvalue weighted by Gasteiger charge is 2.47. The quantitative estimate of drug-likeness (QED) is 0.751. The number of carbonyl (C=O) groups is 1. The van der Waals surface area contributed by atoms with Gasteiger partial charge in [-0.25, -0.2) is 5.01 Å². The molecule has 1 amide bonds. The van der Waals surface area contributed by atoms with Crippen molar-refractivity contribution in [3.05, 3.63) is 0 Å². The van der Waals surface area contributed by atoms with Crippen molar-refractivity contribution in [2.75, 3.05) is 20.2 Å². The third-order valence-corrected chi connectivity index (χ3v) is 5.53. The molecule has 0 unspecified atom stereocenters. The predicted molar refractivity (Wildman–Crippen MR) is 80.2 cm³/mol. The van der Waals surface area contributed by atoms with Gasteiger partial charge in [-0.3, -0.25) is 9.80 Å². The molecule has 2 heterocycles. The van der Waals surface area contributed by atoms with E-state index in [1.54, 1.807) is 0 Å². The Balaban J connectivity index is 2.17. The summed E-state index contributed by atoms with van der Waals surface area (Å²) in [5.74, 6) is 0.563. The molecule has 2 aliphatic heterocycles. The second-order valence-electron chi connectivity index (χ2n) is 6.15. The summed E-state index contributed by atoms with van der Waals surface area (Å²) in [4.78, 5) is 12.5. The molecule has 0 aromatic carbocycles. The van der Waals surface area contributed by atoms with Crippen LogP contribution < -0.4 is 0 Å². The van der Waals surface area contributed by atoms with E-state index in [0.717, 1.165) is 51.6 Å². The molecule has 2 fully saturated rings. The fraction of sp³-hybridized carbons (Fsp3) is 0.938. The van der Waals surface area contributed by atoms with Crippen molar-refractivity contribution < 1.29 is 9.53 Å². The van der Waals surface area contributed by atoms with Crippen molar-refractivity contribution in [2.45, 2.75) is 70.9 Å². The molecule has 2 aliphatic rings. The van der Waals surface area contributed by atoms with E-state index in [9.17, 15) is 4.79 Å². The number of hydrogen-bond acceptors (Lipinski definition) is 3. The van der Waals surface area contributed by atoms with Gasteiger partial charge < -0.3 is 4.74 Å². The van der Waals surface area contributed by atoms with E-state index < -0.39 is 0 Å². The van der Waals surface area contributed by atoms with E-state index in [1.165, 1.54) is 0 Å². The molecule has 0 bridgehead atoms.